The number of hydrogen-bond donors (Lipinski definition) is 2. The molecule has 0 bridgehead atoms. The molecule has 0 amide bonds. The number of thiocarbonyl (C=S) groups is 2. The minimum Gasteiger partial charge on any atom is -0.376 e. The molecule has 4 N–H and O–H groups in total. The lowest BCUT2D eigenvalue weighted by Gasteiger charge is -2.26. The van der Waals surface area contributed by atoms with Gasteiger partial charge in [0.05, 0.1) is 22.3 Å². The smallest absolute Gasteiger partial charge is 0.376 e. The van der Waals surface area contributed by atoms with Crippen LogP contribution >= 0.6 is 24.4 Å². The van der Waals surface area contributed by atoms with Crippen molar-refractivity contribution in [2.75, 3.05) is 9.80 Å². The molecule has 18 heteroatoms. The average molecular weight is 859 g/mol. The standard InChI is InChI=1S/C40H30F12N4S2/c1-36(2,3)25-13-23(21-4-8-30(9-5-21)55(34(53)57)32-17-26(37(41,42)43)15-27(18-32)38(44,45)46)12-24(14-25)22-6-10-31(11-7-22)56(35(54)58)33-19-28(39(47,48)49)16-29(20-33)40(50,51)52/h4-20H,1-3H3,(H2,53,57)(H2,54,58). The lowest BCUT2D eigenvalue weighted by atomic mass is 9.83. The second-order valence-corrected chi connectivity index (χ2v) is 14.9. The first-order chi connectivity index (χ1) is 26.5. The number of nitrogens with zero attached hydrogens (tertiary/aromatic N) is 2. The minimum atomic E-state index is -5.11. The highest BCUT2D eigenvalue weighted by atomic mass is 32.1. The average Bonchev–Trinajstić information content (AvgIpc) is 3.10. The molecule has 0 aliphatic carbocycles. The minimum absolute atomic E-state index is 0.00977. The largest absolute Gasteiger partial charge is 0.416 e. The third-order valence-corrected chi connectivity index (χ3v) is 9.18. The van der Waals surface area contributed by atoms with Gasteiger partial charge in [0, 0.05) is 22.7 Å². The zero-order chi connectivity index (χ0) is 43.3. The Morgan fingerprint density at radius 3 is 0.879 bits per heavy atom. The quantitative estimate of drug-likeness (QED) is 0.131. The summed E-state index contributed by atoms with van der Waals surface area (Å²) in [4.78, 5) is 1.75. The van der Waals surface area contributed by atoms with Crippen LogP contribution in [-0.2, 0) is 30.1 Å². The van der Waals surface area contributed by atoms with Gasteiger partial charge in [-0.15, -0.1) is 0 Å². The van der Waals surface area contributed by atoms with Crippen LogP contribution < -0.4 is 21.3 Å². The van der Waals surface area contributed by atoms with E-state index in [0.717, 1.165) is 15.4 Å². The van der Waals surface area contributed by atoms with Crippen molar-refractivity contribution >= 4 is 57.4 Å². The fourth-order valence-electron chi connectivity index (χ4n) is 5.94. The van der Waals surface area contributed by atoms with E-state index in [2.05, 4.69) is 0 Å². The summed E-state index contributed by atoms with van der Waals surface area (Å²) in [5.41, 5.74) is 7.24. The number of alkyl halides is 12. The van der Waals surface area contributed by atoms with E-state index in [1.807, 2.05) is 32.9 Å². The Morgan fingerprint density at radius 2 is 0.655 bits per heavy atom. The van der Waals surface area contributed by atoms with Crippen molar-refractivity contribution in [3.63, 3.8) is 0 Å². The van der Waals surface area contributed by atoms with Crippen molar-refractivity contribution in [3.05, 3.63) is 131 Å². The number of rotatable bonds is 6. The van der Waals surface area contributed by atoms with Crippen molar-refractivity contribution in [2.45, 2.75) is 50.9 Å². The van der Waals surface area contributed by atoms with Crippen LogP contribution in [0.15, 0.2) is 103 Å². The summed E-state index contributed by atoms with van der Waals surface area (Å²) < 4.78 is 164. The molecule has 4 nitrogen and oxygen atoms in total. The van der Waals surface area contributed by atoms with E-state index >= 15 is 0 Å². The molecular formula is C40H30F12N4S2. The van der Waals surface area contributed by atoms with Crippen molar-refractivity contribution in [2.24, 2.45) is 11.5 Å². The lowest BCUT2D eigenvalue weighted by molar-refractivity contribution is -0.144. The molecule has 0 heterocycles. The Hall–Kier alpha value is -5.36. The van der Waals surface area contributed by atoms with Gasteiger partial charge < -0.3 is 11.5 Å². The van der Waals surface area contributed by atoms with E-state index in [4.69, 9.17) is 35.9 Å². The molecule has 0 radical (unpaired) electrons. The number of anilines is 4. The molecule has 0 atom stereocenters. The summed E-state index contributed by atoms with van der Waals surface area (Å²) in [6, 6.07) is 19.5. The summed E-state index contributed by atoms with van der Waals surface area (Å²) in [7, 11) is 0. The van der Waals surface area contributed by atoms with Crippen molar-refractivity contribution < 1.29 is 52.7 Å². The molecule has 0 aromatic heterocycles. The summed E-state index contributed by atoms with van der Waals surface area (Å²) in [6.07, 6.45) is -20.5. The van der Waals surface area contributed by atoms with Gasteiger partial charge in [-0.3, -0.25) is 9.80 Å². The van der Waals surface area contributed by atoms with Gasteiger partial charge in [0.1, 0.15) is 0 Å². The number of hydrogen-bond acceptors (Lipinski definition) is 2. The molecule has 0 saturated heterocycles. The Labute approximate surface area is 334 Å². The van der Waals surface area contributed by atoms with Gasteiger partial charge in [-0.1, -0.05) is 57.2 Å². The fourth-order valence-corrected chi connectivity index (χ4v) is 6.36. The van der Waals surface area contributed by atoms with Gasteiger partial charge in [-0.25, -0.2) is 0 Å². The van der Waals surface area contributed by atoms with Crippen molar-refractivity contribution in [1.82, 2.24) is 0 Å². The number of benzene rings is 5. The van der Waals surface area contributed by atoms with Crippen LogP contribution in [0.25, 0.3) is 22.3 Å². The molecule has 0 aliphatic rings. The number of nitrogens with two attached hydrogens (primary N) is 2. The maximum atomic E-state index is 13.6. The van der Waals surface area contributed by atoms with E-state index in [1.165, 1.54) is 24.3 Å². The van der Waals surface area contributed by atoms with Crippen LogP contribution in [0.5, 0.6) is 0 Å². The molecule has 306 valence electrons. The van der Waals surface area contributed by atoms with Crippen LogP contribution in [0.4, 0.5) is 75.4 Å². The van der Waals surface area contributed by atoms with Crippen LogP contribution in [-0.4, -0.2) is 10.2 Å². The molecule has 5 aromatic carbocycles. The molecule has 0 aliphatic heterocycles. The van der Waals surface area contributed by atoms with E-state index in [9.17, 15) is 52.7 Å². The third-order valence-electron chi connectivity index (χ3n) is 8.82. The molecule has 58 heavy (non-hydrogen) atoms. The predicted octanol–water partition coefficient (Wildman–Crippen LogP) is 13.2. The van der Waals surface area contributed by atoms with Gasteiger partial charge in [0.15, 0.2) is 10.2 Å². The lowest BCUT2D eigenvalue weighted by Crippen LogP contribution is -2.31. The first-order valence-electron chi connectivity index (χ1n) is 16.7. The van der Waals surface area contributed by atoms with E-state index in [1.54, 1.807) is 30.3 Å². The Balaban J connectivity index is 1.55. The Bertz CT molecular complexity index is 2120. The molecule has 0 saturated carbocycles. The van der Waals surface area contributed by atoms with E-state index in [0.29, 0.717) is 46.5 Å². The normalized spacial score (nSPS) is 12.7. The molecule has 0 unspecified atom stereocenters. The van der Waals surface area contributed by atoms with Gasteiger partial charge in [-0.2, -0.15) is 52.7 Å². The zero-order valence-corrected chi connectivity index (χ0v) is 31.8. The summed E-state index contributed by atoms with van der Waals surface area (Å²) in [6.45, 7) is 5.82. The van der Waals surface area contributed by atoms with Crippen LogP contribution in [0.3, 0.4) is 0 Å². The van der Waals surface area contributed by atoms with Gasteiger partial charge >= 0.3 is 24.7 Å². The Kier molecular flexibility index (Phi) is 11.6. The molecule has 0 fully saturated rings. The van der Waals surface area contributed by atoms with E-state index in [-0.39, 0.29) is 23.5 Å². The van der Waals surface area contributed by atoms with Crippen molar-refractivity contribution in [1.29, 1.82) is 0 Å². The van der Waals surface area contributed by atoms with E-state index < -0.39 is 74.0 Å². The molecule has 5 rings (SSSR count). The molecule has 5 aromatic rings. The fraction of sp³-hybridized carbons (Fsp3) is 0.200. The second-order valence-electron chi connectivity index (χ2n) is 14.0. The summed E-state index contributed by atoms with van der Waals surface area (Å²) >= 11 is 10.1. The van der Waals surface area contributed by atoms with Crippen molar-refractivity contribution in [3.8, 4) is 22.3 Å². The molecule has 0 spiro atoms. The summed E-state index contributed by atoms with van der Waals surface area (Å²) in [5.74, 6) is 0. The monoisotopic (exact) mass is 858 g/mol. The van der Waals surface area contributed by atoms with Gasteiger partial charge in [-0.05, 0) is 124 Å². The zero-order valence-electron chi connectivity index (χ0n) is 30.2. The first kappa shape index (κ1) is 43.8. The van der Waals surface area contributed by atoms with Gasteiger partial charge in [0.25, 0.3) is 0 Å². The highest BCUT2D eigenvalue weighted by molar-refractivity contribution is 7.80. The SMILES string of the molecule is CC(C)(C)c1cc(-c2ccc(N(C(N)=S)c3cc(C(F)(F)F)cc(C(F)(F)F)c3)cc2)cc(-c2ccc(N(C(N)=S)c3cc(C(F)(F)F)cc(C(F)(F)F)c3)cc2)c1. The van der Waals surface area contributed by atoms with Crippen LogP contribution in [0.1, 0.15) is 48.6 Å². The Morgan fingerprint density at radius 1 is 0.379 bits per heavy atom. The highest BCUT2D eigenvalue weighted by Crippen LogP contribution is 2.43. The predicted molar refractivity (Wildman–Crippen MR) is 207 cm³/mol. The van der Waals surface area contributed by atoms with Crippen LogP contribution in [0, 0.1) is 0 Å². The summed E-state index contributed by atoms with van der Waals surface area (Å²) in [5, 5.41) is -1.05. The first-order valence-corrected chi connectivity index (χ1v) is 17.5. The maximum Gasteiger partial charge on any atom is 0.416 e. The third kappa shape index (κ3) is 9.83. The molecular weight excluding hydrogens is 829 g/mol. The topological polar surface area (TPSA) is 58.5 Å². The maximum absolute atomic E-state index is 13.6. The second kappa shape index (κ2) is 15.4. The van der Waals surface area contributed by atoms with Crippen LogP contribution in [0.2, 0.25) is 0 Å². The van der Waals surface area contributed by atoms with Gasteiger partial charge in [0.2, 0.25) is 0 Å². The highest BCUT2D eigenvalue weighted by Gasteiger charge is 2.39. The number of halogens is 12.